The molecule has 168 valence electrons. The summed E-state index contributed by atoms with van der Waals surface area (Å²) < 4.78 is 10.8. The Bertz CT molecular complexity index is 1110. The van der Waals surface area contributed by atoms with Gasteiger partial charge in [-0.15, -0.1) is 0 Å². The van der Waals surface area contributed by atoms with Crippen LogP contribution in [-0.4, -0.2) is 36.7 Å². The summed E-state index contributed by atoms with van der Waals surface area (Å²) in [6.45, 7) is 3.73. The third-order valence-corrected chi connectivity index (χ3v) is 5.60. The molecule has 1 aliphatic rings. The number of benzene rings is 2. The number of nitrogens with one attached hydrogen (secondary N) is 3. The van der Waals surface area contributed by atoms with Gasteiger partial charge in [-0.1, -0.05) is 12.1 Å². The Kier molecular flexibility index (Phi) is 7.23. The minimum atomic E-state index is -0.817. The summed E-state index contributed by atoms with van der Waals surface area (Å²) in [4.78, 5) is 37.6. The van der Waals surface area contributed by atoms with Crippen LogP contribution >= 0.6 is 22.6 Å². The maximum absolute atomic E-state index is 13.3. The van der Waals surface area contributed by atoms with Crippen molar-refractivity contribution in [2.75, 3.05) is 19.0 Å². The van der Waals surface area contributed by atoms with Crippen molar-refractivity contribution in [2.24, 2.45) is 0 Å². The molecule has 1 aliphatic heterocycles. The average Bonchev–Trinajstić information content (AvgIpc) is 2.76. The second-order valence-electron chi connectivity index (χ2n) is 6.84. The first-order chi connectivity index (χ1) is 15.3. The van der Waals surface area contributed by atoms with Gasteiger partial charge in [0.1, 0.15) is 0 Å². The number of carbonyl (C=O) groups is 3. The van der Waals surface area contributed by atoms with Gasteiger partial charge in [-0.3, -0.25) is 4.79 Å². The molecule has 0 aromatic heterocycles. The number of phenols is 1. The summed E-state index contributed by atoms with van der Waals surface area (Å²) in [7, 11) is 1.26. The van der Waals surface area contributed by atoms with Crippen LogP contribution in [0.2, 0.25) is 0 Å². The Morgan fingerprint density at radius 3 is 2.66 bits per heavy atom. The average molecular weight is 551 g/mol. The van der Waals surface area contributed by atoms with Crippen molar-refractivity contribution in [3.05, 3.63) is 62.4 Å². The molecule has 3 amide bonds. The number of rotatable bonds is 6. The van der Waals surface area contributed by atoms with E-state index in [1.165, 1.54) is 13.2 Å². The van der Waals surface area contributed by atoms with Gasteiger partial charge < -0.3 is 30.5 Å². The third-order valence-electron chi connectivity index (χ3n) is 4.78. The number of aromatic hydroxyl groups is 1. The minimum Gasteiger partial charge on any atom is -0.504 e. The molecular weight excluding hydrogens is 529 g/mol. The Labute approximate surface area is 198 Å². The largest absolute Gasteiger partial charge is 0.504 e. The summed E-state index contributed by atoms with van der Waals surface area (Å²) in [5.41, 5.74) is 1.62. The highest BCUT2D eigenvalue weighted by Gasteiger charge is 2.32. The van der Waals surface area contributed by atoms with Gasteiger partial charge in [-0.25, -0.2) is 9.59 Å². The first-order valence-corrected chi connectivity index (χ1v) is 10.8. The topological polar surface area (TPSA) is 126 Å². The second-order valence-corrected chi connectivity index (χ2v) is 8.01. The molecule has 0 bridgehead atoms. The van der Waals surface area contributed by atoms with Gasteiger partial charge >= 0.3 is 12.0 Å². The zero-order chi connectivity index (χ0) is 23.4. The SMILES string of the molecule is CCOc1cc([C@@H]2NC(=O)NC(C)=C2C(=O)Nc2ccccc2C(=O)OC)cc(I)c1O. The fraction of sp³-hybridized carbons (Fsp3) is 0.227. The number of methoxy groups -OCH3 is 1. The quantitative estimate of drug-likeness (QED) is 0.322. The van der Waals surface area contributed by atoms with E-state index >= 15 is 0 Å². The van der Waals surface area contributed by atoms with E-state index in [9.17, 15) is 19.5 Å². The maximum atomic E-state index is 13.3. The van der Waals surface area contributed by atoms with E-state index in [-0.39, 0.29) is 28.3 Å². The molecule has 0 aliphatic carbocycles. The van der Waals surface area contributed by atoms with Crippen LogP contribution in [0.15, 0.2) is 47.7 Å². The summed E-state index contributed by atoms with van der Waals surface area (Å²) in [5, 5.41) is 18.3. The molecule has 0 spiro atoms. The number of hydrogen-bond donors (Lipinski definition) is 4. The molecule has 0 unspecified atom stereocenters. The van der Waals surface area contributed by atoms with E-state index in [0.717, 1.165) is 0 Å². The van der Waals surface area contributed by atoms with E-state index in [0.29, 0.717) is 21.4 Å². The lowest BCUT2D eigenvalue weighted by atomic mass is 9.94. The van der Waals surface area contributed by atoms with Crippen molar-refractivity contribution in [2.45, 2.75) is 19.9 Å². The Morgan fingerprint density at radius 2 is 1.97 bits per heavy atom. The molecule has 2 aromatic carbocycles. The van der Waals surface area contributed by atoms with Crippen LogP contribution in [-0.2, 0) is 9.53 Å². The van der Waals surface area contributed by atoms with Gasteiger partial charge in [0.25, 0.3) is 5.91 Å². The number of anilines is 1. The predicted octanol–water partition coefficient (Wildman–Crippen LogP) is 3.45. The number of hydrogen-bond acceptors (Lipinski definition) is 6. The highest BCUT2D eigenvalue weighted by atomic mass is 127. The van der Waals surface area contributed by atoms with E-state index in [2.05, 4.69) is 16.0 Å². The maximum Gasteiger partial charge on any atom is 0.339 e. The normalized spacial score (nSPS) is 15.5. The Morgan fingerprint density at radius 1 is 1.25 bits per heavy atom. The molecule has 10 heteroatoms. The third kappa shape index (κ3) is 4.79. The smallest absolute Gasteiger partial charge is 0.339 e. The zero-order valence-electron chi connectivity index (χ0n) is 17.6. The number of amides is 3. The van der Waals surface area contributed by atoms with Gasteiger partial charge in [0.15, 0.2) is 11.5 Å². The van der Waals surface area contributed by atoms with Crippen LogP contribution in [0.4, 0.5) is 10.5 Å². The van der Waals surface area contributed by atoms with E-state index in [1.807, 2.05) is 22.6 Å². The lowest BCUT2D eigenvalue weighted by Gasteiger charge is -2.29. The van der Waals surface area contributed by atoms with Crippen LogP contribution in [0.5, 0.6) is 11.5 Å². The number of ether oxygens (including phenoxy) is 2. The number of halogens is 1. The second kappa shape index (κ2) is 9.90. The van der Waals surface area contributed by atoms with E-state index < -0.39 is 23.9 Å². The van der Waals surface area contributed by atoms with Crippen molar-refractivity contribution in [3.63, 3.8) is 0 Å². The number of esters is 1. The van der Waals surface area contributed by atoms with Gasteiger partial charge in [-0.2, -0.15) is 0 Å². The molecule has 0 fully saturated rings. The lowest BCUT2D eigenvalue weighted by Crippen LogP contribution is -2.46. The van der Waals surface area contributed by atoms with Gasteiger partial charge in [0.05, 0.1) is 40.2 Å². The van der Waals surface area contributed by atoms with Gasteiger partial charge in [0.2, 0.25) is 0 Å². The summed E-state index contributed by atoms with van der Waals surface area (Å²) >= 11 is 1.95. The summed E-state index contributed by atoms with van der Waals surface area (Å²) in [6.07, 6.45) is 0. The predicted molar refractivity (Wildman–Crippen MR) is 126 cm³/mol. The zero-order valence-corrected chi connectivity index (χ0v) is 19.8. The van der Waals surface area contributed by atoms with Crippen molar-refractivity contribution in [3.8, 4) is 11.5 Å². The molecule has 0 radical (unpaired) electrons. The monoisotopic (exact) mass is 551 g/mol. The number of allylic oxidation sites excluding steroid dienone is 1. The van der Waals surface area contributed by atoms with Crippen LogP contribution in [0.3, 0.4) is 0 Å². The summed E-state index contributed by atoms with van der Waals surface area (Å²) in [5.74, 6) is -0.879. The van der Waals surface area contributed by atoms with Crippen LogP contribution in [0.25, 0.3) is 0 Å². The molecule has 32 heavy (non-hydrogen) atoms. The van der Waals surface area contributed by atoms with Crippen molar-refractivity contribution in [1.82, 2.24) is 10.6 Å². The van der Waals surface area contributed by atoms with Gasteiger partial charge in [0, 0.05) is 5.70 Å². The molecule has 1 heterocycles. The fourth-order valence-corrected chi connectivity index (χ4v) is 3.97. The molecule has 0 saturated carbocycles. The van der Waals surface area contributed by atoms with Crippen molar-refractivity contribution in [1.29, 1.82) is 0 Å². The molecule has 2 aromatic rings. The Balaban J connectivity index is 2.03. The van der Waals surface area contributed by atoms with E-state index in [4.69, 9.17) is 9.47 Å². The Hall–Kier alpha value is -3.28. The van der Waals surface area contributed by atoms with Crippen molar-refractivity contribution >= 4 is 46.2 Å². The van der Waals surface area contributed by atoms with Crippen LogP contribution in [0.1, 0.15) is 35.8 Å². The number of para-hydroxylation sites is 1. The first kappa shape index (κ1) is 23.4. The molecular formula is C22H22IN3O6. The molecule has 0 saturated heterocycles. The minimum absolute atomic E-state index is 0.0184. The van der Waals surface area contributed by atoms with Gasteiger partial charge in [-0.05, 0) is 66.3 Å². The van der Waals surface area contributed by atoms with E-state index in [1.54, 1.807) is 44.2 Å². The first-order valence-electron chi connectivity index (χ1n) is 9.69. The fourth-order valence-electron chi connectivity index (χ4n) is 3.34. The summed E-state index contributed by atoms with van der Waals surface area (Å²) in [6, 6.07) is 8.42. The highest BCUT2D eigenvalue weighted by Crippen LogP contribution is 2.37. The molecule has 3 rings (SSSR count). The van der Waals surface area contributed by atoms with Crippen molar-refractivity contribution < 1.29 is 29.0 Å². The number of carbonyl (C=O) groups excluding carboxylic acids is 3. The highest BCUT2D eigenvalue weighted by molar-refractivity contribution is 14.1. The number of urea groups is 1. The number of phenolic OH excluding ortho intramolecular Hbond substituents is 1. The standard InChI is InChI=1S/C22H22IN3O6/c1-4-32-16-10-12(9-14(23)19(16)27)18-17(11(2)24-22(30)26-18)20(28)25-15-8-6-5-7-13(15)21(29)31-3/h5-10,18,27H,4H2,1-3H3,(H,25,28)(H2,24,26,30)/t18-/m0/s1. The molecule has 4 N–H and O–H groups in total. The molecule has 1 atom stereocenters. The lowest BCUT2D eigenvalue weighted by molar-refractivity contribution is -0.113. The molecule has 9 nitrogen and oxygen atoms in total. The van der Waals surface area contributed by atoms with Crippen LogP contribution in [0, 0.1) is 3.57 Å². The van der Waals surface area contributed by atoms with Crippen LogP contribution < -0.4 is 20.7 Å².